The van der Waals surface area contributed by atoms with E-state index in [4.69, 9.17) is 25.8 Å². The number of rotatable bonds is 5. The topological polar surface area (TPSA) is 43.8 Å². The number of halogens is 1. The van der Waals surface area contributed by atoms with E-state index in [9.17, 15) is 0 Å². The summed E-state index contributed by atoms with van der Waals surface area (Å²) in [6.45, 7) is 4.31. The van der Waals surface area contributed by atoms with Crippen molar-refractivity contribution in [3.63, 3.8) is 0 Å². The molecule has 0 saturated carbocycles. The van der Waals surface area contributed by atoms with Crippen LogP contribution in [0.4, 0.5) is 0 Å². The molecule has 1 aliphatic heterocycles. The highest BCUT2D eigenvalue weighted by molar-refractivity contribution is 6.18. The van der Waals surface area contributed by atoms with E-state index in [0.29, 0.717) is 36.6 Å². The molecule has 1 aromatic rings. The van der Waals surface area contributed by atoms with Gasteiger partial charge in [-0.3, -0.25) is 9.88 Å². The van der Waals surface area contributed by atoms with E-state index in [0.717, 1.165) is 12.2 Å². The fourth-order valence-electron chi connectivity index (χ4n) is 2.34. The molecule has 2 heterocycles. The molecule has 1 aromatic heterocycles. The molecule has 1 saturated heterocycles. The lowest BCUT2D eigenvalue weighted by molar-refractivity contribution is -0.0516. The van der Waals surface area contributed by atoms with Crippen molar-refractivity contribution in [2.75, 3.05) is 33.3 Å². The van der Waals surface area contributed by atoms with E-state index in [1.54, 1.807) is 26.5 Å². The predicted octanol–water partition coefficient (Wildman–Crippen LogP) is 1.93. The first-order chi connectivity index (χ1) is 9.69. The van der Waals surface area contributed by atoms with Crippen LogP contribution in [0.5, 0.6) is 11.5 Å². The summed E-state index contributed by atoms with van der Waals surface area (Å²) < 4.78 is 16.4. The van der Waals surface area contributed by atoms with Gasteiger partial charge >= 0.3 is 0 Å². The van der Waals surface area contributed by atoms with Gasteiger partial charge in [-0.1, -0.05) is 0 Å². The van der Waals surface area contributed by atoms with Gasteiger partial charge in [-0.2, -0.15) is 0 Å². The van der Waals surface area contributed by atoms with Crippen molar-refractivity contribution in [1.82, 2.24) is 9.88 Å². The molecule has 0 bridgehead atoms. The number of methoxy groups -OCH3 is 2. The zero-order chi connectivity index (χ0) is 14.5. The molecular weight excluding hydrogens is 280 g/mol. The van der Waals surface area contributed by atoms with Gasteiger partial charge < -0.3 is 14.2 Å². The summed E-state index contributed by atoms with van der Waals surface area (Å²) in [5.74, 6) is 1.90. The molecule has 20 heavy (non-hydrogen) atoms. The van der Waals surface area contributed by atoms with Crippen LogP contribution in [0.15, 0.2) is 12.3 Å². The number of aromatic nitrogens is 1. The second-order valence-electron chi connectivity index (χ2n) is 4.88. The lowest BCUT2D eigenvalue weighted by Gasteiger charge is -2.37. The molecular formula is C14H21ClN2O3. The van der Waals surface area contributed by atoms with Gasteiger partial charge in [-0.15, -0.1) is 11.6 Å². The molecule has 0 spiro atoms. The number of ether oxygens (including phenoxy) is 3. The van der Waals surface area contributed by atoms with Crippen molar-refractivity contribution >= 4 is 11.6 Å². The first-order valence-electron chi connectivity index (χ1n) is 6.67. The monoisotopic (exact) mass is 300 g/mol. The number of hydrogen-bond donors (Lipinski definition) is 0. The van der Waals surface area contributed by atoms with Gasteiger partial charge in [0.25, 0.3) is 0 Å². The summed E-state index contributed by atoms with van der Waals surface area (Å²) in [7, 11) is 3.26. The molecule has 2 atom stereocenters. The first kappa shape index (κ1) is 15.4. The quantitative estimate of drug-likeness (QED) is 0.778. The van der Waals surface area contributed by atoms with E-state index in [2.05, 4.69) is 16.8 Å². The fourth-order valence-corrected chi connectivity index (χ4v) is 2.53. The Morgan fingerprint density at radius 2 is 2.25 bits per heavy atom. The van der Waals surface area contributed by atoms with Crippen LogP contribution >= 0.6 is 11.6 Å². The summed E-state index contributed by atoms with van der Waals surface area (Å²) in [4.78, 5) is 6.72. The van der Waals surface area contributed by atoms with E-state index < -0.39 is 0 Å². The third-order valence-electron chi connectivity index (χ3n) is 3.53. The zero-order valence-electron chi connectivity index (χ0n) is 12.1. The van der Waals surface area contributed by atoms with Crippen LogP contribution in [0.2, 0.25) is 0 Å². The summed E-state index contributed by atoms with van der Waals surface area (Å²) >= 11 is 5.89. The van der Waals surface area contributed by atoms with E-state index in [1.165, 1.54) is 0 Å². The lowest BCUT2D eigenvalue weighted by Crippen LogP contribution is -2.48. The molecule has 1 aliphatic rings. The largest absolute Gasteiger partial charge is 0.493 e. The molecule has 1 fully saturated rings. The number of morpholine rings is 1. The Morgan fingerprint density at radius 1 is 1.45 bits per heavy atom. The molecule has 6 heteroatoms. The molecule has 112 valence electrons. The third-order valence-corrected chi connectivity index (χ3v) is 3.87. The van der Waals surface area contributed by atoms with Crippen LogP contribution in [-0.4, -0.2) is 55.3 Å². The maximum Gasteiger partial charge on any atom is 0.183 e. The lowest BCUT2D eigenvalue weighted by atomic mass is 10.2. The standard InChI is InChI=1S/C14H21ClN2O3/c1-10-9-20-11(6-15)7-17(10)8-12-14(19-3)13(18-2)4-5-16-12/h4-5,10-11H,6-9H2,1-3H3. The van der Waals surface area contributed by atoms with Crippen molar-refractivity contribution in [2.45, 2.75) is 25.6 Å². The second-order valence-corrected chi connectivity index (χ2v) is 5.19. The third kappa shape index (κ3) is 3.34. The van der Waals surface area contributed by atoms with Crippen molar-refractivity contribution < 1.29 is 14.2 Å². The van der Waals surface area contributed by atoms with Crippen LogP contribution in [-0.2, 0) is 11.3 Å². The molecule has 0 amide bonds. The summed E-state index contributed by atoms with van der Waals surface area (Å²) in [5, 5.41) is 0. The highest BCUT2D eigenvalue weighted by atomic mass is 35.5. The summed E-state index contributed by atoms with van der Waals surface area (Å²) in [5.41, 5.74) is 0.869. The maximum absolute atomic E-state index is 5.89. The van der Waals surface area contributed by atoms with Gasteiger partial charge in [0, 0.05) is 37.3 Å². The van der Waals surface area contributed by atoms with Crippen LogP contribution in [0.3, 0.4) is 0 Å². The Hall–Kier alpha value is -1.04. The average molecular weight is 301 g/mol. The minimum atomic E-state index is 0.0736. The molecule has 0 N–H and O–H groups in total. The second kappa shape index (κ2) is 7.11. The Labute approximate surface area is 124 Å². The summed E-state index contributed by atoms with van der Waals surface area (Å²) in [6.07, 6.45) is 1.81. The zero-order valence-corrected chi connectivity index (χ0v) is 12.9. The van der Waals surface area contributed by atoms with Gasteiger partial charge in [0.1, 0.15) is 5.69 Å². The van der Waals surface area contributed by atoms with Crippen molar-refractivity contribution in [2.24, 2.45) is 0 Å². The highest BCUT2D eigenvalue weighted by Crippen LogP contribution is 2.30. The van der Waals surface area contributed by atoms with Crippen molar-refractivity contribution in [3.8, 4) is 11.5 Å². The Balaban J connectivity index is 2.16. The molecule has 0 aliphatic carbocycles. The number of hydrogen-bond acceptors (Lipinski definition) is 5. The molecule has 5 nitrogen and oxygen atoms in total. The van der Waals surface area contributed by atoms with E-state index >= 15 is 0 Å². The Morgan fingerprint density at radius 3 is 2.90 bits per heavy atom. The van der Waals surface area contributed by atoms with Crippen LogP contribution in [0.25, 0.3) is 0 Å². The number of alkyl halides is 1. The van der Waals surface area contributed by atoms with Gasteiger partial charge in [0.2, 0.25) is 0 Å². The minimum absolute atomic E-state index is 0.0736. The van der Waals surface area contributed by atoms with Gasteiger partial charge in [-0.05, 0) is 6.92 Å². The van der Waals surface area contributed by atoms with Gasteiger partial charge in [0.15, 0.2) is 11.5 Å². The predicted molar refractivity (Wildman–Crippen MR) is 77.7 cm³/mol. The molecule has 0 aromatic carbocycles. The molecule has 2 unspecified atom stereocenters. The van der Waals surface area contributed by atoms with Crippen molar-refractivity contribution in [3.05, 3.63) is 18.0 Å². The number of nitrogens with zero attached hydrogens (tertiary/aromatic N) is 2. The highest BCUT2D eigenvalue weighted by Gasteiger charge is 2.27. The van der Waals surface area contributed by atoms with Gasteiger partial charge in [0.05, 0.1) is 26.9 Å². The normalized spacial score (nSPS) is 23.6. The SMILES string of the molecule is COc1ccnc(CN2CC(CCl)OCC2C)c1OC. The fraction of sp³-hybridized carbons (Fsp3) is 0.643. The first-order valence-corrected chi connectivity index (χ1v) is 7.20. The smallest absolute Gasteiger partial charge is 0.183 e. The number of pyridine rings is 1. The van der Waals surface area contributed by atoms with Crippen molar-refractivity contribution in [1.29, 1.82) is 0 Å². The Bertz CT molecular complexity index is 444. The average Bonchev–Trinajstić information content (AvgIpc) is 2.49. The van der Waals surface area contributed by atoms with E-state index in [1.807, 2.05) is 0 Å². The minimum Gasteiger partial charge on any atom is -0.493 e. The maximum atomic E-state index is 5.89. The van der Waals surface area contributed by atoms with Crippen LogP contribution in [0, 0.1) is 0 Å². The van der Waals surface area contributed by atoms with E-state index in [-0.39, 0.29) is 6.10 Å². The molecule has 2 rings (SSSR count). The van der Waals surface area contributed by atoms with Crippen LogP contribution < -0.4 is 9.47 Å². The molecule has 0 radical (unpaired) electrons. The Kier molecular flexibility index (Phi) is 5.46. The van der Waals surface area contributed by atoms with Crippen LogP contribution in [0.1, 0.15) is 12.6 Å². The van der Waals surface area contributed by atoms with Gasteiger partial charge in [-0.25, -0.2) is 0 Å². The summed E-state index contributed by atoms with van der Waals surface area (Å²) in [6, 6.07) is 2.12.